The summed E-state index contributed by atoms with van der Waals surface area (Å²) in [6.45, 7) is 0. The minimum Gasteiger partial charge on any atom is -0.307 e. The number of rotatable bonds is 6. The molecule has 33 heavy (non-hydrogen) atoms. The molecule has 0 aliphatic rings. The van der Waals surface area contributed by atoms with Crippen molar-refractivity contribution in [1.82, 2.24) is 15.4 Å². The number of benzene rings is 4. The van der Waals surface area contributed by atoms with Crippen molar-refractivity contribution < 1.29 is 9.13 Å². The zero-order chi connectivity index (χ0) is 22.7. The Kier molecular flexibility index (Phi) is 5.68. The number of aromatic amines is 1. The van der Waals surface area contributed by atoms with E-state index < -0.39 is 14.3 Å². The van der Waals surface area contributed by atoms with Gasteiger partial charge in [0.05, 0.1) is 0 Å². The summed E-state index contributed by atoms with van der Waals surface area (Å²) < 4.78 is 29.9. The van der Waals surface area contributed by atoms with E-state index >= 15 is 0 Å². The van der Waals surface area contributed by atoms with Crippen LogP contribution >= 0.6 is 14.3 Å². The van der Waals surface area contributed by atoms with Crippen molar-refractivity contribution >= 4 is 46.4 Å². The fourth-order valence-electron chi connectivity index (χ4n) is 3.98. The highest BCUT2D eigenvalue weighted by Gasteiger charge is 2.43. The molecule has 0 amide bonds. The van der Waals surface area contributed by atoms with Crippen molar-refractivity contribution in [2.45, 2.75) is 0 Å². The summed E-state index contributed by atoms with van der Waals surface area (Å²) in [4.78, 5) is 0. The van der Waals surface area contributed by atoms with Crippen LogP contribution in [0.5, 0.6) is 0 Å². The van der Waals surface area contributed by atoms with E-state index in [0.29, 0.717) is 21.2 Å². The Morgan fingerprint density at radius 2 is 0.667 bits per heavy atom. The molecule has 0 atom stereocenters. The van der Waals surface area contributed by atoms with Gasteiger partial charge in [0, 0.05) is 21.2 Å². The van der Waals surface area contributed by atoms with Crippen LogP contribution < -0.4 is 32.1 Å². The van der Waals surface area contributed by atoms with Crippen molar-refractivity contribution in [2.24, 2.45) is 0 Å². The van der Waals surface area contributed by atoms with Gasteiger partial charge < -0.3 is 9.13 Å². The molecule has 0 spiro atoms. The second kappa shape index (κ2) is 8.78. The standard InChI is InChI=1S/C26H21N3O2P2/c30-32(21-13-5-1-6-14-21,22-15-7-2-8-16-22)25-26(28-29-27-25)33(31,23-17-9-3-10-18-23)24-19-11-4-12-20-24/h1-20H,(H,27,28,29). The van der Waals surface area contributed by atoms with Gasteiger partial charge in [-0.15, -0.1) is 0 Å². The molecule has 1 N–H and O–H groups in total. The van der Waals surface area contributed by atoms with Gasteiger partial charge in [0.2, 0.25) is 0 Å². The number of hydrogen-bond donors (Lipinski definition) is 1. The maximum Gasteiger partial charge on any atom is 0.192 e. The van der Waals surface area contributed by atoms with Crippen molar-refractivity contribution in [3.63, 3.8) is 0 Å². The van der Waals surface area contributed by atoms with E-state index in [0.717, 1.165) is 0 Å². The lowest BCUT2D eigenvalue weighted by molar-refractivity contribution is 0.590. The van der Waals surface area contributed by atoms with Gasteiger partial charge in [0.15, 0.2) is 25.2 Å². The van der Waals surface area contributed by atoms with Gasteiger partial charge in [-0.3, -0.25) is 0 Å². The van der Waals surface area contributed by atoms with Crippen LogP contribution in [-0.2, 0) is 9.13 Å². The summed E-state index contributed by atoms with van der Waals surface area (Å²) in [5.74, 6) is 0. The highest BCUT2D eigenvalue weighted by Crippen LogP contribution is 2.47. The third-order valence-electron chi connectivity index (χ3n) is 5.59. The third-order valence-corrected chi connectivity index (χ3v) is 11.7. The summed E-state index contributed by atoms with van der Waals surface area (Å²) in [7, 11) is -6.96. The highest BCUT2D eigenvalue weighted by atomic mass is 31.2. The zero-order valence-corrected chi connectivity index (χ0v) is 19.4. The molecule has 5 nitrogen and oxygen atoms in total. The molecule has 0 unspecified atom stereocenters. The first-order valence-corrected chi connectivity index (χ1v) is 13.9. The minimum absolute atomic E-state index is 0.218. The first kappa shape index (κ1) is 21.3. The molecule has 7 heteroatoms. The molecule has 5 aromatic rings. The molecule has 0 aliphatic heterocycles. The van der Waals surface area contributed by atoms with E-state index in [-0.39, 0.29) is 10.9 Å². The lowest BCUT2D eigenvalue weighted by Gasteiger charge is -2.22. The second-order valence-corrected chi connectivity index (χ2v) is 12.9. The molecule has 0 saturated heterocycles. The smallest absolute Gasteiger partial charge is 0.192 e. The minimum atomic E-state index is -3.48. The number of aromatic nitrogens is 3. The molecule has 1 heterocycles. The Morgan fingerprint density at radius 1 is 0.424 bits per heavy atom. The summed E-state index contributed by atoms with van der Waals surface area (Å²) in [6, 6.07) is 36.8. The van der Waals surface area contributed by atoms with Crippen LogP contribution in [0.1, 0.15) is 0 Å². The molecule has 5 rings (SSSR count). The summed E-state index contributed by atoms with van der Waals surface area (Å²) in [5, 5.41) is 13.9. The van der Waals surface area contributed by atoms with Crippen LogP contribution in [0.2, 0.25) is 0 Å². The predicted molar refractivity (Wildman–Crippen MR) is 135 cm³/mol. The van der Waals surface area contributed by atoms with Gasteiger partial charge in [0.25, 0.3) is 0 Å². The molecule has 0 bridgehead atoms. The second-order valence-electron chi connectivity index (χ2n) is 7.53. The van der Waals surface area contributed by atoms with Crippen LogP contribution in [0.25, 0.3) is 0 Å². The highest BCUT2D eigenvalue weighted by molar-refractivity contribution is 7.90. The first-order valence-electron chi connectivity index (χ1n) is 10.5. The lowest BCUT2D eigenvalue weighted by Crippen LogP contribution is -2.39. The van der Waals surface area contributed by atoms with Gasteiger partial charge in [-0.05, 0) is 0 Å². The molecule has 162 valence electrons. The molecular formula is C26H21N3O2P2. The lowest BCUT2D eigenvalue weighted by atomic mass is 10.4. The molecule has 0 fully saturated rings. The van der Waals surface area contributed by atoms with E-state index in [1.807, 2.05) is 121 Å². The third kappa shape index (κ3) is 3.60. The van der Waals surface area contributed by atoms with E-state index in [1.165, 1.54) is 0 Å². The maximum atomic E-state index is 15.0. The van der Waals surface area contributed by atoms with E-state index in [1.54, 1.807) is 0 Å². The Bertz CT molecular complexity index is 1260. The summed E-state index contributed by atoms with van der Waals surface area (Å²) >= 11 is 0. The topological polar surface area (TPSA) is 75.7 Å². The summed E-state index contributed by atoms with van der Waals surface area (Å²) in [5.41, 5.74) is 0.437. The van der Waals surface area contributed by atoms with Gasteiger partial charge in [-0.25, -0.2) is 0 Å². The van der Waals surface area contributed by atoms with Crippen molar-refractivity contribution in [3.05, 3.63) is 121 Å². The van der Waals surface area contributed by atoms with E-state index in [4.69, 9.17) is 0 Å². The number of nitrogens with zero attached hydrogens (tertiary/aromatic N) is 2. The normalized spacial score (nSPS) is 11.9. The molecular weight excluding hydrogens is 448 g/mol. The van der Waals surface area contributed by atoms with Crippen LogP contribution in [0.3, 0.4) is 0 Å². The van der Waals surface area contributed by atoms with E-state index in [9.17, 15) is 9.13 Å². The molecule has 4 aromatic carbocycles. The van der Waals surface area contributed by atoms with Crippen molar-refractivity contribution in [3.8, 4) is 0 Å². The Labute approximate surface area is 192 Å². The average molecular weight is 469 g/mol. The molecule has 0 saturated carbocycles. The van der Waals surface area contributed by atoms with Crippen molar-refractivity contribution in [2.75, 3.05) is 0 Å². The van der Waals surface area contributed by atoms with Crippen molar-refractivity contribution in [1.29, 1.82) is 0 Å². The Morgan fingerprint density at radius 3 is 0.909 bits per heavy atom. The van der Waals surface area contributed by atoms with E-state index in [2.05, 4.69) is 15.4 Å². The molecule has 0 radical (unpaired) electrons. The van der Waals surface area contributed by atoms with Gasteiger partial charge in [-0.2, -0.15) is 15.4 Å². The van der Waals surface area contributed by atoms with Crippen LogP contribution in [0.4, 0.5) is 0 Å². The largest absolute Gasteiger partial charge is 0.307 e. The molecule has 1 aromatic heterocycles. The quantitative estimate of drug-likeness (QED) is 0.388. The Hall–Kier alpha value is -3.52. The van der Waals surface area contributed by atoms with Crippen LogP contribution in [0.15, 0.2) is 121 Å². The van der Waals surface area contributed by atoms with Gasteiger partial charge >= 0.3 is 0 Å². The maximum absolute atomic E-state index is 15.0. The predicted octanol–water partition coefficient (Wildman–Crippen LogP) is 3.08. The number of nitrogens with one attached hydrogen (secondary N) is 1. The fourth-order valence-corrected chi connectivity index (χ4v) is 9.80. The molecule has 0 aliphatic carbocycles. The zero-order valence-electron chi connectivity index (χ0n) is 17.7. The average Bonchev–Trinajstić information content (AvgIpc) is 3.41. The monoisotopic (exact) mass is 469 g/mol. The van der Waals surface area contributed by atoms with Gasteiger partial charge in [0.1, 0.15) is 0 Å². The number of H-pyrrole nitrogens is 1. The van der Waals surface area contributed by atoms with Gasteiger partial charge in [-0.1, -0.05) is 121 Å². The SMILES string of the molecule is O=P(c1ccccc1)(c1ccccc1)c1n[nH]nc1P(=O)(c1ccccc1)c1ccccc1. The number of hydrogen-bond acceptors (Lipinski definition) is 4. The Balaban J connectivity index is 1.83. The van der Waals surface area contributed by atoms with Crippen LogP contribution in [0, 0.1) is 0 Å². The summed E-state index contributed by atoms with van der Waals surface area (Å²) in [6.07, 6.45) is 0. The van der Waals surface area contributed by atoms with Crippen LogP contribution in [-0.4, -0.2) is 15.4 Å². The first-order chi connectivity index (χ1) is 16.1. The fraction of sp³-hybridized carbons (Fsp3) is 0.